The number of hydrogen-bond donors (Lipinski definition) is 1. The van der Waals surface area contributed by atoms with Crippen molar-refractivity contribution in [2.24, 2.45) is 0 Å². The molecule has 0 spiro atoms. The van der Waals surface area contributed by atoms with Crippen molar-refractivity contribution in [3.8, 4) is 6.07 Å². The van der Waals surface area contributed by atoms with Crippen molar-refractivity contribution < 1.29 is 14.5 Å². The topological polar surface area (TPSA) is 116 Å². The molecule has 10 heteroatoms. The molecular weight excluding hydrogens is 428 g/mol. The maximum absolute atomic E-state index is 13.2. The van der Waals surface area contributed by atoms with E-state index < -0.39 is 16.1 Å². The van der Waals surface area contributed by atoms with Crippen molar-refractivity contribution in [1.29, 1.82) is 5.26 Å². The molecule has 0 aliphatic carbocycles. The van der Waals surface area contributed by atoms with E-state index in [1.165, 1.54) is 24.1 Å². The Kier molecular flexibility index (Phi) is 6.40. The van der Waals surface area contributed by atoms with Gasteiger partial charge in [0.25, 0.3) is 11.6 Å². The fourth-order valence-corrected chi connectivity index (χ4v) is 4.38. The maximum atomic E-state index is 13.2. The first kappa shape index (κ1) is 21.4. The van der Waals surface area contributed by atoms with Crippen LogP contribution in [0.4, 0.5) is 11.4 Å². The molecule has 2 aromatic rings. The lowest BCUT2D eigenvalue weighted by molar-refractivity contribution is -0.384. The number of hydrogen-bond acceptors (Lipinski definition) is 6. The normalized spacial score (nSPS) is 17.4. The number of rotatable bonds is 5. The summed E-state index contributed by atoms with van der Waals surface area (Å²) in [5, 5.41) is 23.0. The van der Waals surface area contributed by atoms with Crippen LogP contribution in [-0.4, -0.2) is 29.0 Å². The Labute approximate surface area is 181 Å². The minimum Gasteiger partial charge on any atom is -0.354 e. The predicted octanol–water partition coefficient (Wildman–Crippen LogP) is 3.42. The summed E-state index contributed by atoms with van der Waals surface area (Å²) < 4.78 is 0. The summed E-state index contributed by atoms with van der Waals surface area (Å²) in [5.74, 6) is -0.941. The van der Waals surface area contributed by atoms with Gasteiger partial charge in [-0.3, -0.25) is 24.6 Å². The van der Waals surface area contributed by atoms with E-state index in [2.05, 4.69) is 5.32 Å². The van der Waals surface area contributed by atoms with Gasteiger partial charge in [-0.1, -0.05) is 35.5 Å². The zero-order chi connectivity index (χ0) is 21.8. The number of nitro groups is 1. The molecule has 1 aliphatic heterocycles. The molecule has 3 rings (SSSR count). The third kappa shape index (κ3) is 4.30. The van der Waals surface area contributed by atoms with E-state index in [0.29, 0.717) is 16.3 Å². The van der Waals surface area contributed by atoms with Crippen LogP contribution < -0.4 is 10.2 Å². The van der Waals surface area contributed by atoms with E-state index in [9.17, 15) is 25.0 Å². The summed E-state index contributed by atoms with van der Waals surface area (Å²) in [7, 11) is 1.40. The summed E-state index contributed by atoms with van der Waals surface area (Å²) in [4.78, 5) is 37.3. The van der Waals surface area contributed by atoms with Gasteiger partial charge in [0.1, 0.15) is 16.7 Å². The largest absolute Gasteiger partial charge is 0.354 e. The van der Waals surface area contributed by atoms with Gasteiger partial charge in [0.2, 0.25) is 5.91 Å². The molecule has 0 radical (unpaired) electrons. The highest BCUT2D eigenvalue weighted by Crippen LogP contribution is 2.42. The van der Waals surface area contributed by atoms with Crippen LogP contribution >= 0.6 is 23.4 Å². The van der Waals surface area contributed by atoms with Crippen molar-refractivity contribution in [3.05, 3.63) is 79.8 Å². The van der Waals surface area contributed by atoms with Gasteiger partial charge in [-0.2, -0.15) is 5.26 Å². The number of likely N-dealkylation sites (N-methyl/N-ethyl adjacent to an activating group) is 1. The molecule has 1 N–H and O–H groups in total. The second-order valence-corrected chi connectivity index (χ2v) is 7.89. The number of benzene rings is 2. The number of nitrogens with one attached hydrogen (secondary N) is 1. The van der Waals surface area contributed by atoms with Gasteiger partial charge >= 0.3 is 0 Å². The van der Waals surface area contributed by atoms with Gasteiger partial charge in [0, 0.05) is 29.9 Å². The summed E-state index contributed by atoms with van der Waals surface area (Å²) in [6, 6.07) is 14.3. The second-order valence-electron chi connectivity index (χ2n) is 6.26. The lowest BCUT2D eigenvalue weighted by atomic mass is 10.1. The lowest BCUT2D eigenvalue weighted by Gasteiger charge is -2.18. The SMILES string of the molecule is CNC(=O)/C(C#N)=C1\S[C@H](Cc2cccc([N+](=O)[O-])c2)C(=O)N1c1ccc(Cl)cc1. The first-order valence-electron chi connectivity index (χ1n) is 8.71. The second kappa shape index (κ2) is 8.98. The number of nitrogens with zero attached hydrogens (tertiary/aromatic N) is 3. The zero-order valence-corrected chi connectivity index (χ0v) is 17.2. The highest BCUT2D eigenvalue weighted by molar-refractivity contribution is 8.05. The number of anilines is 1. The number of non-ortho nitro benzene ring substituents is 1. The van der Waals surface area contributed by atoms with Crippen LogP contribution in [0.15, 0.2) is 59.1 Å². The number of nitro benzene ring substituents is 1. The Morgan fingerprint density at radius 1 is 1.33 bits per heavy atom. The predicted molar refractivity (Wildman–Crippen MR) is 114 cm³/mol. The molecule has 1 fully saturated rings. The quantitative estimate of drug-likeness (QED) is 0.328. The first-order valence-corrected chi connectivity index (χ1v) is 9.97. The summed E-state index contributed by atoms with van der Waals surface area (Å²) >= 11 is 7.02. The Morgan fingerprint density at radius 3 is 2.63 bits per heavy atom. The van der Waals surface area contributed by atoms with Crippen molar-refractivity contribution >= 4 is 46.6 Å². The monoisotopic (exact) mass is 442 g/mol. The molecule has 1 atom stereocenters. The lowest BCUT2D eigenvalue weighted by Crippen LogP contribution is -2.31. The Morgan fingerprint density at radius 2 is 2.03 bits per heavy atom. The fourth-order valence-electron chi connectivity index (χ4n) is 2.95. The number of halogens is 1. The minimum atomic E-state index is -0.661. The maximum Gasteiger partial charge on any atom is 0.269 e. The van der Waals surface area contributed by atoms with Gasteiger partial charge in [0.05, 0.1) is 10.2 Å². The zero-order valence-electron chi connectivity index (χ0n) is 15.7. The van der Waals surface area contributed by atoms with Gasteiger partial charge in [-0.05, 0) is 36.2 Å². The molecule has 30 heavy (non-hydrogen) atoms. The molecule has 0 bridgehead atoms. The van der Waals surface area contributed by atoms with Gasteiger partial charge in [-0.15, -0.1) is 0 Å². The highest BCUT2D eigenvalue weighted by atomic mass is 35.5. The molecule has 2 amide bonds. The minimum absolute atomic E-state index is 0.0728. The number of nitriles is 1. The third-order valence-electron chi connectivity index (χ3n) is 4.36. The van der Waals surface area contributed by atoms with Crippen molar-refractivity contribution in [1.82, 2.24) is 5.32 Å². The fraction of sp³-hybridized carbons (Fsp3) is 0.150. The summed E-state index contributed by atoms with van der Waals surface area (Å²) in [6.45, 7) is 0. The van der Waals surface area contributed by atoms with E-state index in [1.807, 2.05) is 6.07 Å². The van der Waals surface area contributed by atoms with Crippen LogP contribution in [0.1, 0.15) is 5.56 Å². The Hall–Kier alpha value is -3.35. The molecule has 152 valence electrons. The summed E-state index contributed by atoms with van der Waals surface area (Å²) in [5.41, 5.74) is 0.805. The van der Waals surface area contributed by atoms with Crippen molar-refractivity contribution in [2.45, 2.75) is 11.7 Å². The van der Waals surface area contributed by atoms with Crippen LogP contribution in [-0.2, 0) is 16.0 Å². The average molecular weight is 443 g/mol. The van der Waals surface area contributed by atoms with Crippen molar-refractivity contribution in [2.75, 3.05) is 11.9 Å². The molecule has 1 heterocycles. The molecule has 0 unspecified atom stereocenters. The molecule has 1 aliphatic rings. The summed E-state index contributed by atoms with van der Waals surface area (Å²) in [6.07, 6.45) is 0.200. The van der Waals surface area contributed by atoms with E-state index in [1.54, 1.807) is 36.4 Å². The Bertz CT molecular complexity index is 1090. The first-order chi connectivity index (χ1) is 14.3. The Balaban J connectivity index is 2.03. The highest BCUT2D eigenvalue weighted by Gasteiger charge is 2.40. The van der Waals surface area contributed by atoms with Gasteiger partial charge < -0.3 is 5.32 Å². The van der Waals surface area contributed by atoms with E-state index >= 15 is 0 Å². The standard InChI is InChI=1S/C20H15ClN4O4S/c1-23-18(26)16(11-22)20-24(14-7-5-13(21)6-8-14)19(27)17(30-20)10-12-3-2-4-15(9-12)25(28)29/h2-9,17H,10H2,1H3,(H,23,26)/b20-16-/t17-/m1/s1. The molecule has 8 nitrogen and oxygen atoms in total. The van der Waals surface area contributed by atoms with Crippen molar-refractivity contribution in [3.63, 3.8) is 0 Å². The van der Waals surface area contributed by atoms with Crippen LogP contribution in [0, 0.1) is 21.4 Å². The third-order valence-corrected chi connectivity index (χ3v) is 5.87. The van der Waals surface area contributed by atoms with Crippen LogP contribution in [0.2, 0.25) is 5.02 Å². The number of thioether (sulfide) groups is 1. The van der Waals surface area contributed by atoms with Crippen LogP contribution in [0.5, 0.6) is 0 Å². The number of amides is 2. The van der Waals surface area contributed by atoms with E-state index in [4.69, 9.17) is 11.6 Å². The van der Waals surface area contributed by atoms with E-state index in [-0.39, 0.29) is 28.6 Å². The van der Waals surface area contributed by atoms with Crippen LogP contribution in [0.25, 0.3) is 0 Å². The van der Waals surface area contributed by atoms with Crippen LogP contribution in [0.3, 0.4) is 0 Å². The van der Waals surface area contributed by atoms with E-state index in [0.717, 1.165) is 11.8 Å². The number of carbonyl (C=O) groups excluding carboxylic acids is 2. The molecular formula is C20H15ClN4O4S. The molecule has 1 saturated heterocycles. The smallest absolute Gasteiger partial charge is 0.269 e. The van der Waals surface area contributed by atoms with Gasteiger partial charge in [0.15, 0.2) is 0 Å². The average Bonchev–Trinajstić information content (AvgIpc) is 3.05. The number of carbonyl (C=O) groups is 2. The molecule has 0 aromatic heterocycles. The van der Waals surface area contributed by atoms with Gasteiger partial charge in [-0.25, -0.2) is 0 Å². The molecule has 2 aromatic carbocycles. The molecule has 0 saturated carbocycles.